The molecule has 0 spiro atoms. The Balaban J connectivity index is 0.000000507. The first-order valence-corrected chi connectivity index (χ1v) is 30.2. The SMILES string of the molecule is CCC/C=C/[C@H](CC(=O)OCC[Si](C)(C)C)OC(=O)[C@@H](N)CC.CCC/C=C/[C@H](CC(=O)OCC[Si](C)(C)C)OC(=O)[C@H](CC)NC(=O)OCC1c2ccccc2-c2ccccc21. The zero-order valence-electron chi connectivity index (χ0n) is 39.7. The van der Waals surface area contributed by atoms with Gasteiger partial charge in [0.25, 0.3) is 0 Å². The van der Waals surface area contributed by atoms with Gasteiger partial charge >= 0.3 is 30.0 Å². The van der Waals surface area contributed by atoms with E-state index in [1.165, 1.54) is 0 Å². The largest absolute Gasteiger partial charge is 0.466 e. The number of unbranched alkanes of at least 4 members (excludes halogenated alkanes) is 2. The van der Waals surface area contributed by atoms with Gasteiger partial charge in [-0.2, -0.15) is 0 Å². The van der Waals surface area contributed by atoms with Crippen LogP contribution in [0.4, 0.5) is 4.79 Å². The van der Waals surface area contributed by atoms with Crippen LogP contribution in [0.3, 0.4) is 0 Å². The van der Waals surface area contributed by atoms with E-state index in [0.29, 0.717) is 26.1 Å². The second kappa shape index (κ2) is 28.3. The maximum Gasteiger partial charge on any atom is 0.407 e. The van der Waals surface area contributed by atoms with Crippen molar-refractivity contribution in [2.24, 2.45) is 5.73 Å². The number of rotatable bonds is 25. The van der Waals surface area contributed by atoms with E-state index in [-0.39, 0.29) is 31.3 Å². The van der Waals surface area contributed by atoms with Gasteiger partial charge in [-0.1, -0.05) is 141 Å². The normalized spacial score (nSPS) is 14.3. The van der Waals surface area contributed by atoms with E-state index < -0.39 is 64.4 Å². The number of carbonyl (C=O) groups is 5. The van der Waals surface area contributed by atoms with Crippen LogP contribution in [0.2, 0.25) is 51.4 Å². The minimum atomic E-state index is -1.33. The number of benzene rings is 2. The lowest BCUT2D eigenvalue weighted by atomic mass is 9.98. The van der Waals surface area contributed by atoms with Crippen LogP contribution >= 0.6 is 0 Å². The Hall–Kier alpha value is -4.54. The summed E-state index contributed by atoms with van der Waals surface area (Å²) in [5.41, 5.74) is 10.2. The number of amides is 1. The molecule has 3 rings (SSSR count). The molecule has 0 aliphatic heterocycles. The molecule has 0 saturated carbocycles. The minimum absolute atomic E-state index is 0.0358. The molecule has 3 N–H and O–H groups in total. The molecule has 2 aromatic carbocycles. The molecule has 4 atom stereocenters. The lowest BCUT2D eigenvalue weighted by molar-refractivity contribution is -0.155. The summed E-state index contributed by atoms with van der Waals surface area (Å²) >= 11 is 0. The average Bonchev–Trinajstić information content (AvgIpc) is 3.54. The van der Waals surface area contributed by atoms with Crippen LogP contribution in [0.1, 0.15) is 96.1 Å². The number of carbonyl (C=O) groups excluding carboxylic acids is 5. The van der Waals surface area contributed by atoms with Crippen LogP contribution in [0.15, 0.2) is 72.8 Å². The van der Waals surface area contributed by atoms with Gasteiger partial charge < -0.3 is 34.7 Å². The zero-order valence-corrected chi connectivity index (χ0v) is 41.7. The Morgan fingerprint density at radius 1 is 0.651 bits per heavy atom. The second-order valence-corrected chi connectivity index (χ2v) is 29.5. The van der Waals surface area contributed by atoms with Crippen molar-refractivity contribution in [3.8, 4) is 11.1 Å². The first-order chi connectivity index (χ1) is 29.8. The predicted molar refractivity (Wildman–Crippen MR) is 256 cm³/mol. The van der Waals surface area contributed by atoms with Gasteiger partial charge in [-0.05, 0) is 72.2 Å². The first kappa shape index (κ1) is 54.6. The van der Waals surface area contributed by atoms with Crippen LogP contribution in [-0.2, 0) is 42.9 Å². The summed E-state index contributed by atoms with van der Waals surface area (Å²) in [6.45, 7) is 22.0. The molecule has 63 heavy (non-hydrogen) atoms. The summed E-state index contributed by atoms with van der Waals surface area (Å²) in [7, 11) is -2.56. The van der Waals surface area contributed by atoms with Crippen molar-refractivity contribution in [1.29, 1.82) is 0 Å². The molecule has 350 valence electrons. The van der Waals surface area contributed by atoms with Gasteiger partial charge in [0, 0.05) is 22.1 Å². The quantitative estimate of drug-likeness (QED) is 0.0421. The van der Waals surface area contributed by atoms with E-state index in [2.05, 4.69) is 75.8 Å². The van der Waals surface area contributed by atoms with Gasteiger partial charge in [0.1, 0.15) is 30.9 Å². The molecule has 1 amide bonds. The predicted octanol–water partition coefficient (Wildman–Crippen LogP) is 10.1. The van der Waals surface area contributed by atoms with E-state index in [1.54, 1.807) is 19.1 Å². The van der Waals surface area contributed by atoms with Crippen molar-refractivity contribution in [3.63, 3.8) is 0 Å². The summed E-state index contributed by atoms with van der Waals surface area (Å²) in [4.78, 5) is 61.9. The Labute approximate surface area is 379 Å². The number of allylic oxidation sites excluding steroid dienone is 2. The Kier molecular flexibility index (Phi) is 24.5. The van der Waals surface area contributed by atoms with Crippen molar-refractivity contribution >= 4 is 46.1 Å². The second-order valence-electron chi connectivity index (χ2n) is 18.3. The standard InChI is InChI=1S/C32H43NO6Si.C17H33NO4Si/c1-6-8-9-14-23(21-30(34)37-19-20-40(3,4)5)39-31(35)29(7-2)33-32(36)38-22-28-26-17-12-10-15-24(26)25-16-11-13-18-27(25)28;1-6-8-9-10-14(22-17(20)15(18)7-2)13-16(19)21-11-12-23(3,4)5/h9-18,23,28-29H,6-8,19-22H2,1-5H3,(H,33,36);9-10,14-15H,6-8,11-13,18H2,1-5H3/b14-9+;10-9+/t23-,29+;14-,15+/m11/s1. The third-order valence-electron chi connectivity index (χ3n) is 10.2. The molecule has 12 nitrogen and oxygen atoms in total. The molecule has 0 saturated heterocycles. The van der Waals surface area contributed by atoms with Crippen LogP contribution in [-0.4, -0.2) is 90.2 Å². The van der Waals surface area contributed by atoms with E-state index in [9.17, 15) is 24.0 Å². The third-order valence-corrected chi connectivity index (χ3v) is 13.6. The van der Waals surface area contributed by atoms with Crippen LogP contribution in [0, 0.1) is 0 Å². The lowest BCUT2D eigenvalue weighted by Crippen LogP contribution is -2.43. The zero-order chi connectivity index (χ0) is 47.0. The molecule has 1 aliphatic rings. The highest BCUT2D eigenvalue weighted by Gasteiger charge is 2.31. The number of alkyl carbamates (subject to hydrolysis) is 1. The Morgan fingerprint density at radius 3 is 1.51 bits per heavy atom. The van der Waals surface area contributed by atoms with Gasteiger partial charge in [-0.15, -0.1) is 0 Å². The van der Waals surface area contributed by atoms with Gasteiger partial charge in [-0.3, -0.25) is 14.4 Å². The van der Waals surface area contributed by atoms with E-state index in [4.69, 9.17) is 29.4 Å². The minimum Gasteiger partial charge on any atom is -0.466 e. The molecular weight excluding hydrogens is 833 g/mol. The van der Waals surface area contributed by atoms with Crippen molar-refractivity contribution < 1.29 is 47.7 Å². The van der Waals surface area contributed by atoms with E-state index >= 15 is 0 Å². The highest BCUT2D eigenvalue weighted by Crippen LogP contribution is 2.44. The molecule has 0 unspecified atom stereocenters. The number of hydrogen-bond acceptors (Lipinski definition) is 11. The molecule has 0 fully saturated rings. The van der Waals surface area contributed by atoms with Crippen LogP contribution in [0.5, 0.6) is 0 Å². The van der Waals surface area contributed by atoms with E-state index in [0.717, 1.165) is 60.0 Å². The summed E-state index contributed by atoms with van der Waals surface area (Å²) in [5.74, 6) is -1.92. The van der Waals surface area contributed by atoms with Gasteiger partial charge in [-0.25, -0.2) is 9.59 Å². The number of fused-ring (bicyclic) bond motifs is 3. The molecule has 0 radical (unpaired) electrons. The van der Waals surface area contributed by atoms with Crippen molar-refractivity contribution in [2.45, 2.75) is 161 Å². The number of ether oxygens (including phenoxy) is 5. The van der Waals surface area contributed by atoms with Crippen molar-refractivity contribution in [3.05, 3.63) is 84.0 Å². The smallest absolute Gasteiger partial charge is 0.407 e. The average molecular weight is 909 g/mol. The van der Waals surface area contributed by atoms with Crippen LogP contribution in [0.25, 0.3) is 11.1 Å². The molecular formula is C49H76N2O10Si2. The van der Waals surface area contributed by atoms with Crippen molar-refractivity contribution in [2.75, 3.05) is 19.8 Å². The molecule has 1 aliphatic carbocycles. The topological polar surface area (TPSA) is 170 Å². The van der Waals surface area contributed by atoms with Crippen molar-refractivity contribution in [1.82, 2.24) is 5.32 Å². The number of nitrogens with two attached hydrogens (primary N) is 1. The summed E-state index contributed by atoms with van der Waals surface area (Å²) in [5, 5.41) is 2.64. The Morgan fingerprint density at radius 2 is 1.10 bits per heavy atom. The molecule has 0 aromatic heterocycles. The molecule has 14 heteroatoms. The fraction of sp³-hybridized carbons (Fsp3) is 0.571. The summed E-state index contributed by atoms with van der Waals surface area (Å²) in [6.07, 6.45) is 9.62. The molecule has 0 heterocycles. The maximum absolute atomic E-state index is 13.0. The summed E-state index contributed by atoms with van der Waals surface area (Å²) in [6, 6.07) is 16.5. The van der Waals surface area contributed by atoms with Crippen LogP contribution < -0.4 is 11.1 Å². The number of nitrogens with one attached hydrogen (secondary N) is 1. The Bertz CT molecular complexity index is 1760. The lowest BCUT2D eigenvalue weighted by Gasteiger charge is -2.21. The highest BCUT2D eigenvalue weighted by molar-refractivity contribution is 6.76. The molecule has 0 bridgehead atoms. The monoisotopic (exact) mass is 909 g/mol. The third kappa shape index (κ3) is 21.6. The summed E-state index contributed by atoms with van der Waals surface area (Å²) < 4.78 is 27.2. The van der Waals surface area contributed by atoms with Gasteiger partial charge in [0.05, 0.1) is 26.1 Å². The maximum atomic E-state index is 13.0. The van der Waals surface area contributed by atoms with Gasteiger partial charge in [0.15, 0.2) is 0 Å². The number of esters is 4. The van der Waals surface area contributed by atoms with Gasteiger partial charge in [0.2, 0.25) is 0 Å². The number of hydrogen-bond donors (Lipinski definition) is 2. The fourth-order valence-electron chi connectivity index (χ4n) is 6.26. The highest BCUT2D eigenvalue weighted by atomic mass is 28.3. The van der Waals surface area contributed by atoms with E-state index in [1.807, 2.05) is 50.3 Å². The first-order valence-electron chi connectivity index (χ1n) is 22.7. The fourth-order valence-corrected chi connectivity index (χ4v) is 7.69. The molecule has 2 aromatic rings.